The monoisotopic (exact) mass is 322 g/mol. The third-order valence-electron chi connectivity index (χ3n) is 3.77. The normalized spacial score (nSPS) is 12.0. The number of hydrogen-bond acceptors (Lipinski definition) is 4. The fraction of sp³-hybridized carbons (Fsp3) is 0.438. The largest absolute Gasteiger partial charge is 0.379 e. The number of hydrogen-bond donors (Lipinski definition) is 0. The topological polar surface area (TPSA) is 61.2 Å². The first-order valence-corrected chi connectivity index (χ1v) is 8.59. The molecule has 120 valence electrons. The van der Waals surface area contributed by atoms with Gasteiger partial charge in [0.05, 0.1) is 11.4 Å². The van der Waals surface area contributed by atoms with Gasteiger partial charge in [-0.05, 0) is 43.9 Å². The van der Waals surface area contributed by atoms with E-state index in [0.29, 0.717) is 23.1 Å². The fourth-order valence-electron chi connectivity index (χ4n) is 2.34. The van der Waals surface area contributed by atoms with Crippen molar-refractivity contribution >= 4 is 10.1 Å². The Morgan fingerprint density at radius 2 is 1.82 bits per heavy atom. The van der Waals surface area contributed by atoms with Crippen LogP contribution in [0.1, 0.15) is 42.3 Å². The lowest BCUT2D eigenvalue weighted by atomic mass is 10.0. The number of benzene rings is 1. The molecule has 0 unspecified atom stereocenters. The summed E-state index contributed by atoms with van der Waals surface area (Å²) in [6.45, 7) is 9.32. The molecule has 0 fully saturated rings. The number of aromatic nitrogens is 2. The van der Waals surface area contributed by atoms with E-state index >= 15 is 0 Å². The average Bonchev–Trinajstić information content (AvgIpc) is 2.65. The molecule has 1 aromatic heterocycles. The first-order valence-electron chi connectivity index (χ1n) is 7.18. The van der Waals surface area contributed by atoms with Gasteiger partial charge in [0.15, 0.2) is 0 Å². The van der Waals surface area contributed by atoms with E-state index < -0.39 is 10.1 Å². The van der Waals surface area contributed by atoms with Gasteiger partial charge < -0.3 is 4.18 Å². The zero-order valence-corrected chi connectivity index (χ0v) is 14.7. The Balaban J connectivity index is 2.47. The number of nitrogens with zero attached hydrogens (tertiary/aromatic N) is 2. The van der Waals surface area contributed by atoms with Gasteiger partial charge in [0, 0.05) is 7.05 Å². The van der Waals surface area contributed by atoms with Crippen LogP contribution < -0.4 is 4.18 Å². The number of aryl methyl sites for hydroxylation is 3. The summed E-state index contributed by atoms with van der Waals surface area (Å²) in [5.74, 6) is 0.668. The van der Waals surface area contributed by atoms with E-state index in [9.17, 15) is 8.42 Å². The lowest BCUT2D eigenvalue weighted by Gasteiger charge is -2.13. The van der Waals surface area contributed by atoms with Gasteiger partial charge >= 0.3 is 10.1 Å². The fourth-order valence-corrected chi connectivity index (χ4v) is 3.74. The van der Waals surface area contributed by atoms with Crippen LogP contribution in [0, 0.1) is 20.8 Å². The van der Waals surface area contributed by atoms with Gasteiger partial charge in [-0.25, -0.2) is 0 Å². The van der Waals surface area contributed by atoms with Crippen molar-refractivity contribution in [1.82, 2.24) is 9.78 Å². The van der Waals surface area contributed by atoms with Crippen molar-refractivity contribution in [1.29, 1.82) is 0 Å². The highest BCUT2D eigenvalue weighted by atomic mass is 32.2. The standard InChI is InChI=1S/C16H22N2O3S/c1-10(2)14-8-7-11(3)15(9-14)21-22(19,20)16-12(4)17-18(6)13(16)5/h7-10H,1-6H3. The smallest absolute Gasteiger partial charge is 0.342 e. The predicted molar refractivity (Wildman–Crippen MR) is 85.8 cm³/mol. The molecule has 0 bridgehead atoms. The van der Waals surface area contributed by atoms with Crippen molar-refractivity contribution in [2.75, 3.05) is 0 Å². The van der Waals surface area contributed by atoms with Crippen LogP contribution in [-0.4, -0.2) is 18.2 Å². The van der Waals surface area contributed by atoms with Crippen molar-refractivity contribution in [3.05, 3.63) is 40.7 Å². The Morgan fingerprint density at radius 3 is 2.32 bits per heavy atom. The minimum absolute atomic E-state index is 0.143. The molecule has 1 heterocycles. The van der Waals surface area contributed by atoms with Crippen molar-refractivity contribution in [3.8, 4) is 5.75 Å². The molecule has 0 aliphatic rings. The summed E-state index contributed by atoms with van der Waals surface area (Å²) in [7, 11) is -2.19. The highest BCUT2D eigenvalue weighted by Gasteiger charge is 2.26. The third kappa shape index (κ3) is 3.02. The molecule has 0 aliphatic heterocycles. The second-order valence-corrected chi connectivity index (χ2v) is 7.32. The zero-order valence-electron chi connectivity index (χ0n) is 13.8. The molecule has 0 amide bonds. The minimum atomic E-state index is -3.90. The highest BCUT2D eigenvalue weighted by Crippen LogP contribution is 2.28. The Morgan fingerprint density at radius 1 is 1.18 bits per heavy atom. The van der Waals surface area contributed by atoms with Crippen molar-refractivity contribution in [2.24, 2.45) is 7.05 Å². The van der Waals surface area contributed by atoms with Gasteiger partial charge in [0.2, 0.25) is 0 Å². The second-order valence-electron chi connectivity index (χ2n) is 5.84. The van der Waals surface area contributed by atoms with Gasteiger partial charge in [0.25, 0.3) is 0 Å². The molecule has 2 rings (SSSR count). The highest BCUT2D eigenvalue weighted by molar-refractivity contribution is 7.87. The predicted octanol–water partition coefficient (Wildman–Crippen LogP) is 3.24. The molecule has 0 radical (unpaired) electrons. The van der Waals surface area contributed by atoms with Crippen LogP contribution >= 0.6 is 0 Å². The van der Waals surface area contributed by atoms with E-state index in [1.807, 2.05) is 19.1 Å². The van der Waals surface area contributed by atoms with Crippen LogP contribution in [0.4, 0.5) is 0 Å². The maximum Gasteiger partial charge on any atom is 0.342 e. The van der Waals surface area contributed by atoms with Gasteiger partial charge in [-0.2, -0.15) is 13.5 Å². The summed E-state index contributed by atoms with van der Waals surface area (Å²) < 4.78 is 32.2. The molecule has 0 aliphatic carbocycles. The summed E-state index contributed by atoms with van der Waals surface area (Å²) in [4.78, 5) is 0.143. The molecule has 0 atom stereocenters. The molecule has 0 N–H and O–H groups in total. The first-order chi connectivity index (χ1) is 10.1. The van der Waals surface area contributed by atoms with Crippen molar-refractivity contribution in [3.63, 3.8) is 0 Å². The average molecular weight is 322 g/mol. The molecule has 6 heteroatoms. The SMILES string of the molecule is Cc1ccc(C(C)C)cc1OS(=O)(=O)c1c(C)nn(C)c1C. The molecule has 0 saturated heterocycles. The second kappa shape index (κ2) is 5.76. The van der Waals surface area contributed by atoms with Gasteiger partial charge in [-0.3, -0.25) is 4.68 Å². The van der Waals surface area contributed by atoms with E-state index in [2.05, 4.69) is 18.9 Å². The Bertz CT molecular complexity index is 805. The lowest BCUT2D eigenvalue weighted by molar-refractivity contribution is 0.482. The molecule has 5 nitrogen and oxygen atoms in total. The molecule has 22 heavy (non-hydrogen) atoms. The van der Waals surface area contributed by atoms with E-state index in [0.717, 1.165) is 11.1 Å². The zero-order chi connectivity index (χ0) is 16.7. The van der Waals surface area contributed by atoms with Crippen molar-refractivity contribution < 1.29 is 12.6 Å². The summed E-state index contributed by atoms with van der Waals surface area (Å²) in [5.41, 5.74) is 2.83. The van der Waals surface area contributed by atoms with Crippen LogP contribution in [0.2, 0.25) is 0 Å². The summed E-state index contributed by atoms with van der Waals surface area (Å²) in [6, 6.07) is 5.65. The Labute approximate surface area is 132 Å². The molecule has 0 saturated carbocycles. The molecular weight excluding hydrogens is 300 g/mol. The van der Waals surface area contributed by atoms with Crippen LogP contribution in [0.25, 0.3) is 0 Å². The van der Waals surface area contributed by atoms with Crippen LogP contribution in [-0.2, 0) is 17.2 Å². The number of rotatable bonds is 4. The van der Waals surface area contributed by atoms with E-state index in [1.54, 1.807) is 31.6 Å². The van der Waals surface area contributed by atoms with Crippen LogP contribution in [0.3, 0.4) is 0 Å². The molecule has 1 aromatic carbocycles. The summed E-state index contributed by atoms with van der Waals surface area (Å²) >= 11 is 0. The third-order valence-corrected chi connectivity index (χ3v) is 5.26. The van der Waals surface area contributed by atoms with Crippen LogP contribution in [0.15, 0.2) is 23.1 Å². The van der Waals surface area contributed by atoms with E-state index in [1.165, 1.54) is 0 Å². The maximum atomic E-state index is 12.6. The van der Waals surface area contributed by atoms with E-state index in [-0.39, 0.29) is 4.90 Å². The Hall–Kier alpha value is -1.82. The first kappa shape index (κ1) is 16.5. The van der Waals surface area contributed by atoms with Crippen LogP contribution in [0.5, 0.6) is 5.75 Å². The lowest BCUT2D eigenvalue weighted by Crippen LogP contribution is -2.13. The van der Waals surface area contributed by atoms with E-state index in [4.69, 9.17) is 4.18 Å². The Kier molecular flexibility index (Phi) is 4.33. The molecule has 2 aromatic rings. The quantitative estimate of drug-likeness (QED) is 0.811. The van der Waals surface area contributed by atoms with Gasteiger partial charge in [-0.15, -0.1) is 0 Å². The maximum absolute atomic E-state index is 12.6. The molecular formula is C16H22N2O3S. The molecule has 0 spiro atoms. The van der Waals surface area contributed by atoms with Gasteiger partial charge in [0.1, 0.15) is 10.6 Å². The van der Waals surface area contributed by atoms with Crippen molar-refractivity contribution in [2.45, 2.75) is 45.4 Å². The van der Waals surface area contributed by atoms with Gasteiger partial charge in [-0.1, -0.05) is 26.0 Å². The minimum Gasteiger partial charge on any atom is -0.379 e. The summed E-state index contributed by atoms with van der Waals surface area (Å²) in [6.07, 6.45) is 0. The summed E-state index contributed by atoms with van der Waals surface area (Å²) in [5, 5.41) is 4.14.